The maximum atomic E-state index is 15.2. The van der Waals surface area contributed by atoms with Gasteiger partial charge in [-0.1, -0.05) is 0 Å². The minimum atomic E-state index is -2.71. The summed E-state index contributed by atoms with van der Waals surface area (Å²) in [6, 6.07) is 0.950. The van der Waals surface area contributed by atoms with Crippen LogP contribution in [0.15, 0.2) is 23.0 Å². The SMILES string of the molecule is CC(C)N(C)CC(=O)Nc1cc(F)c2c(c1O)C(O)=C1C(=O)[C@]3(O)C(O)=C(C(N)=O)C(=O)C[C@@H]3CC1C2. The largest absolute Gasteiger partial charge is 0.508 e. The zero-order chi connectivity index (χ0) is 27.6. The van der Waals surface area contributed by atoms with Crippen molar-refractivity contribution in [3.63, 3.8) is 0 Å². The Balaban J connectivity index is 1.80. The second-order valence-corrected chi connectivity index (χ2v) is 10.1. The monoisotopic (exact) mass is 517 g/mol. The van der Waals surface area contributed by atoms with Crippen molar-refractivity contribution in [1.29, 1.82) is 0 Å². The first-order chi connectivity index (χ1) is 17.2. The van der Waals surface area contributed by atoms with Gasteiger partial charge in [0.2, 0.25) is 11.7 Å². The number of phenols is 1. The number of likely N-dealkylation sites (N-methyl/N-ethyl adjacent to an activating group) is 1. The molecule has 2 amide bonds. The van der Waals surface area contributed by atoms with E-state index in [1.807, 2.05) is 13.8 Å². The van der Waals surface area contributed by atoms with Gasteiger partial charge in [0.15, 0.2) is 17.1 Å². The highest BCUT2D eigenvalue weighted by atomic mass is 19.1. The van der Waals surface area contributed by atoms with E-state index in [0.29, 0.717) is 0 Å². The van der Waals surface area contributed by atoms with Crippen LogP contribution in [0.3, 0.4) is 0 Å². The number of ketones is 2. The van der Waals surface area contributed by atoms with Crippen molar-refractivity contribution >= 4 is 34.8 Å². The zero-order valence-corrected chi connectivity index (χ0v) is 20.5. The average molecular weight is 518 g/mol. The van der Waals surface area contributed by atoms with Gasteiger partial charge in [-0.3, -0.25) is 24.1 Å². The van der Waals surface area contributed by atoms with Gasteiger partial charge < -0.3 is 31.5 Å². The zero-order valence-electron chi connectivity index (χ0n) is 20.5. The Morgan fingerprint density at radius 2 is 1.89 bits per heavy atom. The fourth-order valence-electron chi connectivity index (χ4n) is 5.34. The minimum Gasteiger partial charge on any atom is -0.508 e. The average Bonchev–Trinajstić information content (AvgIpc) is 2.79. The molecule has 12 heteroatoms. The Bertz CT molecular complexity index is 1320. The van der Waals surface area contributed by atoms with Crippen molar-refractivity contribution in [2.24, 2.45) is 17.6 Å². The van der Waals surface area contributed by atoms with Gasteiger partial charge in [0.1, 0.15) is 22.9 Å². The number of aliphatic hydroxyl groups excluding tert-OH is 2. The number of phenolic OH excluding ortho intramolecular Hbond substituents is 1. The van der Waals surface area contributed by atoms with Crippen LogP contribution in [0.25, 0.3) is 5.76 Å². The van der Waals surface area contributed by atoms with Gasteiger partial charge >= 0.3 is 0 Å². The first-order valence-electron chi connectivity index (χ1n) is 11.7. The Hall–Kier alpha value is -3.77. The molecule has 0 radical (unpaired) electrons. The number of carbonyl (C=O) groups excluding carboxylic acids is 4. The van der Waals surface area contributed by atoms with Crippen LogP contribution < -0.4 is 11.1 Å². The molecule has 0 aromatic heterocycles. The van der Waals surface area contributed by atoms with E-state index in [1.165, 1.54) is 0 Å². The van der Waals surface area contributed by atoms with E-state index in [-0.39, 0.29) is 36.7 Å². The Morgan fingerprint density at radius 1 is 1.24 bits per heavy atom. The number of nitrogens with two attached hydrogens (primary N) is 1. The lowest BCUT2D eigenvalue weighted by Gasteiger charge is -2.46. The molecule has 0 bridgehead atoms. The molecule has 1 fully saturated rings. The van der Waals surface area contributed by atoms with Gasteiger partial charge in [0, 0.05) is 35.6 Å². The molecule has 3 aliphatic rings. The maximum Gasteiger partial charge on any atom is 0.255 e. The first kappa shape index (κ1) is 26.3. The third-order valence-electron chi connectivity index (χ3n) is 7.56. The Labute approximate surface area is 211 Å². The smallest absolute Gasteiger partial charge is 0.255 e. The van der Waals surface area contributed by atoms with E-state index in [2.05, 4.69) is 5.32 Å². The summed E-state index contributed by atoms with van der Waals surface area (Å²) in [5.41, 5.74) is 0.289. The van der Waals surface area contributed by atoms with E-state index in [0.717, 1.165) is 6.07 Å². The molecule has 37 heavy (non-hydrogen) atoms. The molecule has 1 aromatic carbocycles. The number of nitrogens with zero attached hydrogens (tertiary/aromatic N) is 1. The van der Waals surface area contributed by atoms with Crippen molar-refractivity contribution in [1.82, 2.24) is 4.90 Å². The van der Waals surface area contributed by atoms with Crippen LogP contribution in [-0.2, 0) is 25.6 Å². The molecular formula is C25H28FN3O8. The second kappa shape index (κ2) is 8.96. The number of hydrogen-bond donors (Lipinski definition) is 6. The van der Waals surface area contributed by atoms with Crippen LogP contribution in [0.2, 0.25) is 0 Å². The van der Waals surface area contributed by atoms with Crippen LogP contribution in [0.5, 0.6) is 5.75 Å². The van der Waals surface area contributed by atoms with Crippen LogP contribution in [0.1, 0.15) is 37.8 Å². The maximum absolute atomic E-state index is 15.2. The molecule has 1 unspecified atom stereocenters. The number of aliphatic hydroxyl groups is 3. The summed E-state index contributed by atoms with van der Waals surface area (Å²) in [6.45, 7) is 3.67. The fourth-order valence-corrected chi connectivity index (χ4v) is 5.34. The van der Waals surface area contributed by atoms with E-state index in [1.54, 1.807) is 11.9 Å². The molecule has 4 rings (SSSR count). The predicted octanol–water partition coefficient (Wildman–Crippen LogP) is 0.842. The number of primary amides is 1. The van der Waals surface area contributed by atoms with E-state index >= 15 is 4.39 Å². The van der Waals surface area contributed by atoms with Gasteiger partial charge in [0.25, 0.3) is 5.91 Å². The van der Waals surface area contributed by atoms with Crippen molar-refractivity contribution < 1.29 is 44.0 Å². The molecule has 0 aliphatic heterocycles. The van der Waals surface area contributed by atoms with Crippen LogP contribution in [-0.4, -0.2) is 73.9 Å². The van der Waals surface area contributed by atoms with Gasteiger partial charge in [-0.05, 0) is 39.7 Å². The lowest BCUT2D eigenvalue weighted by atomic mass is 9.59. The minimum absolute atomic E-state index is 0.0351. The molecule has 11 nitrogen and oxygen atoms in total. The molecule has 198 valence electrons. The number of nitrogens with one attached hydrogen (secondary N) is 1. The second-order valence-electron chi connectivity index (χ2n) is 10.1. The number of carbonyl (C=O) groups is 4. The number of anilines is 1. The highest BCUT2D eigenvalue weighted by Gasteiger charge is 2.60. The summed E-state index contributed by atoms with van der Waals surface area (Å²) in [5, 5.41) is 46.2. The molecule has 3 atom stereocenters. The third kappa shape index (κ3) is 3.96. The molecule has 1 saturated carbocycles. The first-order valence-corrected chi connectivity index (χ1v) is 11.7. The molecule has 0 spiro atoms. The number of benzene rings is 1. The molecular weight excluding hydrogens is 489 g/mol. The lowest BCUT2D eigenvalue weighted by Crippen LogP contribution is -2.58. The summed E-state index contributed by atoms with van der Waals surface area (Å²) in [6.07, 6.45) is -0.743. The van der Waals surface area contributed by atoms with E-state index in [4.69, 9.17) is 5.73 Å². The summed E-state index contributed by atoms with van der Waals surface area (Å²) >= 11 is 0. The topological polar surface area (TPSA) is 190 Å². The summed E-state index contributed by atoms with van der Waals surface area (Å²) in [4.78, 5) is 51.7. The van der Waals surface area contributed by atoms with Gasteiger partial charge in [-0.15, -0.1) is 0 Å². The molecule has 3 aliphatic carbocycles. The van der Waals surface area contributed by atoms with Gasteiger partial charge in [0.05, 0.1) is 17.8 Å². The number of aromatic hydroxyl groups is 1. The Kier molecular flexibility index (Phi) is 6.37. The number of hydrogen-bond acceptors (Lipinski definition) is 9. The Morgan fingerprint density at radius 3 is 2.49 bits per heavy atom. The van der Waals surface area contributed by atoms with E-state index in [9.17, 15) is 39.6 Å². The van der Waals surface area contributed by atoms with Crippen molar-refractivity contribution in [3.05, 3.63) is 39.9 Å². The van der Waals surface area contributed by atoms with Gasteiger partial charge in [-0.25, -0.2) is 4.39 Å². The third-order valence-corrected chi connectivity index (χ3v) is 7.56. The normalized spacial score (nSPS) is 25.3. The number of fused-ring (bicyclic) bond motifs is 3. The van der Waals surface area contributed by atoms with E-state index < -0.39 is 87.0 Å². The van der Waals surface area contributed by atoms with Crippen molar-refractivity contribution in [2.45, 2.75) is 44.8 Å². The predicted molar refractivity (Wildman–Crippen MR) is 128 cm³/mol. The van der Waals surface area contributed by atoms with Crippen molar-refractivity contribution in [2.75, 3.05) is 18.9 Å². The highest BCUT2D eigenvalue weighted by molar-refractivity contribution is 6.22. The quantitative estimate of drug-likeness (QED) is 0.243. The van der Waals surface area contributed by atoms with Gasteiger partial charge in [-0.2, -0.15) is 0 Å². The number of amides is 2. The lowest BCUT2D eigenvalue weighted by molar-refractivity contribution is -0.147. The summed E-state index contributed by atoms with van der Waals surface area (Å²) in [5.74, 6) is -9.46. The standard InChI is InChI=1S/C25H28FN3O8/c1-9(2)29(3)8-16(31)28-14-7-13(26)12-5-10-4-11-6-15(30)19(24(27)36)23(35)25(11,37)22(34)17(10)21(33)18(12)20(14)32/h7,9-11,32-33,35,37H,4-6,8H2,1-3H3,(H2,27,36)(H,28,31)/t10?,11-,25-/m0/s1. The van der Waals surface area contributed by atoms with Crippen LogP contribution in [0.4, 0.5) is 10.1 Å². The van der Waals surface area contributed by atoms with Crippen LogP contribution in [0, 0.1) is 17.7 Å². The molecule has 0 saturated heterocycles. The summed E-state index contributed by atoms with van der Waals surface area (Å²) in [7, 11) is 1.70. The number of halogens is 1. The summed E-state index contributed by atoms with van der Waals surface area (Å²) < 4.78 is 15.2. The molecule has 0 heterocycles. The fraction of sp³-hybridized carbons (Fsp3) is 0.440. The molecule has 1 aromatic rings. The number of Topliss-reactive ketones (excluding diaryl/α,β-unsaturated/α-hetero) is 2. The molecule has 7 N–H and O–H groups in total. The van der Waals surface area contributed by atoms with Crippen LogP contribution >= 0.6 is 0 Å². The highest BCUT2D eigenvalue weighted by Crippen LogP contribution is 2.53. The number of rotatable bonds is 5. The van der Waals surface area contributed by atoms with Crippen molar-refractivity contribution in [3.8, 4) is 5.75 Å².